The third kappa shape index (κ3) is 4.98. The molecule has 2 aliphatic carbocycles. The van der Waals surface area contributed by atoms with E-state index in [2.05, 4.69) is 39.9 Å². The zero-order valence-electron chi connectivity index (χ0n) is 15.3. The van der Waals surface area contributed by atoms with Crippen LogP contribution in [0.4, 0.5) is 0 Å². The largest absolute Gasteiger partial charge is 0.313 e. The number of nitrogens with one attached hydrogen (secondary N) is 1. The molecule has 0 bridgehead atoms. The molecule has 1 N–H and O–H groups in total. The standard InChI is InChI=1S/C20H39N/c1-6-11-21-19(17-7-9-20(4,5)10-8-17)18-13-15(2)12-16(3)14-18/h15-19,21H,6-14H2,1-5H3. The van der Waals surface area contributed by atoms with Crippen LogP contribution in [0.25, 0.3) is 0 Å². The van der Waals surface area contributed by atoms with Crippen molar-refractivity contribution in [2.45, 2.75) is 92.0 Å². The highest BCUT2D eigenvalue weighted by Gasteiger charge is 2.37. The van der Waals surface area contributed by atoms with Crippen LogP contribution in [0.3, 0.4) is 0 Å². The molecule has 3 unspecified atom stereocenters. The quantitative estimate of drug-likeness (QED) is 0.691. The maximum atomic E-state index is 3.98. The Morgan fingerprint density at radius 1 is 0.952 bits per heavy atom. The summed E-state index contributed by atoms with van der Waals surface area (Å²) in [6.07, 6.45) is 11.4. The highest BCUT2D eigenvalue weighted by molar-refractivity contribution is 4.91. The summed E-state index contributed by atoms with van der Waals surface area (Å²) in [5, 5.41) is 3.98. The van der Waals surface area contributed by atoms with Gasteiger partial charge in [-0.05, 0) is 87.0 Å². The van der Waals surface area contributed by atoms with E-state index in [4.69, 9.17) is 0 Å². The van der Waals surface area contributed by atoms with Crippen LogP contribution in [0.2, 0.25) is 0 Å². The molecule has 0 aromatic rings. The van der Waals surface area contributed by atoms with Crippen LogP contribution < -0.4 is 5.32 Å². The summed E-state index contributed by atoms with van der Waals surface area (Å²) in [6.45, 7) is 13.4. The molecule has 124 valence electrons. The van der Waals surface area contributed by atoms with Crippen molar-refractivity contribution in [2.75, 3.05) is 6.54 Å². The lowest BCUT2D eigenvalue weighted by atomic mass is 9.65. The summed E-state index contributed by atoms with van der Waals surface area (Å²) < 4.78 is 0. The number of hydrogen-bond donors (Lipinski definition) is 1. The predicted molar refractivity (Wildman–Crippen MR) is 93.5 cm³/mol. The Morgan fingerprint density at radius 2 is 1.52 bits per heavy atom. The molecule has 2 fully saturated rings. The molecule has 21 heavy (non-hydrogen) atoms. The number of rotatable bonds is 5. The van der Waals surface area contributed by atoms with E-state index >= 15 is 0 Å². The zero-order valence-corrected chi connectivity index (χ0v) is 15.3. The van der Waals surface area contributed by atoms with E-state index in [0.717, 1.165) is 29.7 Å². The summed E-state index contributed by atoms with van der Waals surface area (Å²) >= 11 is 0. The van der Waals surface area contributed by atoms with Gasteiger partial charge in [0.15, 0.2) is 0 Å². The molecule has 2 rings (SSSR count). The van der Waals surface area contributed by atoms with Gasteiger partial charge >= 0.3 is 0 Å². The lowest BCUT2D eigenvalue weighted by Gasteiger charge is -2.44. The van der Waals surface area contributed by atoms with E-state index in [9.17, 15) is 0 Å². The van der Waals surface area contributed by atoms with Crippen LogP contribution in [0.5, 0.6) is 0 Å². The molecule has 3 atom stereocenters. The topological polar surface area (TPSA) is 12.0 Å². The Morgan fingerprint density at radius 3 is 2.05 bits per heavy atom. The van der Waals surface area contributed by atoms with Gasteiger partial charge in [-0.3, -0.25) is 0 Å². The summed E-state index contributed by atoms with van der Waals surface area (Å²) in [6, 6.07) is 0.797. The second-order valence-corrected chi connectivity index (χ2v) is 9.16. The van der Waals surface area contributed by atoms with Crippen LogP contribution in [-0.4, -0.2) is 12.6 Å². The van der Waals surface area contributed by atoms with E-state index in [-0.39, 0.29) is 0 Å². The van der Waals surface area contributed by atoms with Gasteiger partial charge in [-0.25, -0.2) is 0 Å². The molecule has 0 amide bonds. The van der Waals surface area contributed by atoms with E-state index < -0.39 is 0 Å². The molecule has 0 radical (unpaired) electrons. The minimum atomic E-state index is 0.596. The molecule has 2 saturated carbocycles. The van der Waals surface area contributed by atoms with Crippen molar-refractivity contribution in [1.82, 2.24) is 5.32 Å². The van der Waals surface area contributed by atoms with Gasteiger partial charge in [-0.2, -0.15) is 0 Å². The highest BCUT2D eigenvalue weighted by Crippen LogP contribution is 2.43. The summed E-state index contributed by atoms with van der Waals surface area (Å²) in [7, 11) is 0. The predicted octanol–water partition coefficient (Wildman–Crippen LogP) is 5.64. The molecule has 0 saturated heterocycles. The van der Waals surface area contributed by atoms with Crippen molar-refractivity contribution in [1.29, 1.82) is 0 Å². The van der Waals surface area contributed by atoms with E-state index in [1.807, 2.05) is 0 Å². The molecule has 0 heterocycles. The van der Waals surface area contributed by atoms with Crippen LogP contribution >= 0.6 is 0 Å². The van der Waals surface area contributed by atoms with Gasteiger partial charge in [0.1, 0.15) is 0 Å². The van der Waals surface area contributed by atoms with Gasteiger partial charge in [-0.1, -0.05) is 34.6 Å². The third-order valence-electron chi connectivity index (χ3n) is 6.24. The summed E-state index contributed by atoms with van der Waals surface area (Å²) in [4.78, 5) is 0. The molecule has 0 aromatic carbocycles. The van der Waals surface area contributed by atoms with Crippen molar-refractivity contribution >= 4 is 0 Å². The smallest absolute Gasteiger partial charge is 0.0124 e. The Kier molecular flexibility index (Phi) is 6.17. The lowest BCUT2D eigenvalue weighted by molar-refractivity contribution is 0.0968. The molecular formula is C20H39N. The number of hydrogen-bond acceptors (Lipinski definition) is 1. The van der Waals surface area contributed by atoms with E-state index in [1.165, 1.54) is 57.9 Å². The van der Waals surface area contributed by atoms with E-state index in [1.54, 1.807) is 0 Å². The Balaban J connectivity index is 2.00. The zero-order chi connectivity index (χ0) is 15.5. The SMILES string of the molecule is CCCNC(C1CCC(C)(C)CC1)C1CC(C)CC(C)C1. The van der Waals surface area contributed by atoms with Crippen molar-refractivity contribution in [2.24, 2.45) is 29.1 Å². The second kappa shape index (κ2) is 7.49. The van der Waals surface area contributed by atoms with Crippen LogP contribution in [0, 0.1) is 29.1 Å². The highest BCUT2D eigenvalue weighted by atomic mass is 14.9. The molecule has 0 aliphatic heterocycles. The summed E-state index contributed by atoms with van der Waals surface area (Å²) in [5.41, 5.74) is 0.596. The fourth-order valence-electron chi connectivity index (χ4n) is 5.11. The Bertz CT molecular complexity index is 289. The average molecular weight is 294 g/mol. The van der Waals surface area contributed by atoms with Gasteiger partial charge < -0.3 is 5.32 Å². The van der Waals surface area contributed by atoms with Gasteiger partial charge in [-0.15, -0.1) is 0 Å². The van der Waals surface area contributed by atoms with Gasteiger partial charge in [0.05, 0.1) is 0 Å². The first-order chi connectivity index (χ1) is 9.91. The average Bonchev–Trinajstić information content (AvgIpc) is 2.39. The van der Waals surface area contributed by atoms with Crippen molar-refractivity contribution in [3.05, 3.63) is 0 Å². The first-order valence-electron chi connectivity index (χ1n) is 9.64. The molecule has 2 aliphatic rings. The molecule has 0 aromatic heterocycles. The van der Waals surface area contributed by atoms with Crippen LogP contribution in [-0.2, 0) is 0 Å². The van der Waals surface area contributed by atoms with Crippen molar-refractivity contribution in [3.63, 3.8) is 0 Å². The fourth-order valence-corrected chi connectivity index (χ4v) is 5.11. The monoisotopic (exact) mass is 293 g/mol. The van der Waals surface area contributed by atoms with Gasteiger partial charge in [0, 0.05) is 6.04 Å². The molecular weight excluding hydrogens is 254 g/mol. The first-order valence-corrected chi connectivity index (χ1v) is 9.64. The van der Waals surface area contributed by atoms with Crippen molar-refractivity contribution in [3.8, 4) is 0 Å². The van der Waals surface area contributed by atoms with E-state index in [0.29, 0.717) is 5.41 Å². The lowest BCUT2D eigenvalue weighted by Crippen LogP contribution is -2.46. The first kappa shape index (κ1) is 17.3. The van der Waals surface area contributed by atoms with Crippen LogP contribution in [0.1, 0.15) is 86.0 Å². The normalized spacial score (nSPS) is 35.6. The maximum absolute atomic E-state index is 3.98. The van der Waals surface area contributed by atoms with Crippen molar-refractivity contribution < 1.29 is 0 Å². The van der Waals surface area contributed by atoms with Gasteiger partial charge in [0.25, 0.3) is 0 Å². The minimum absolute atomic E-state index is 0.596. The minimum Gasteiger partial charge on any atom is -0.313 e. The fraction of sp³-hybridized carbons (Fsp3) is 1.00. The Labute approximate surface area is 133 Å². The van der Waals surface area contributed by atoms with Gasteiger partial charge in [0.2, 0.25) is 0 Å². The molecule has 1 heteroatoms. The maximum Gasteiger partial charge on any atom is 0.0124 e. The summed E-state index contributed by atoms with van der Waals surface area (Å²) in [5.74, 6) is 3.74. The van der Waals surface area contributed by atoms with Crippen LogP contribution in [0.15, 0.2) is 0 Å². The third-order valence-corrected chi connectivity index (χ3v) is 6.24. The Hall–Kier alpha value is -0.0400. The molecule has 0 spiro atoms. The molecule has 1 nitrogen and oxygen atoms in total. The second-order valence-electron chi connectivity index (χ2n) is 9.16.